The fourth-order valence-electron chi connectivity index (χ4n) is 2.77. The summed E-state index contributed by atoms with van der Waals surface area (Å²) in [5, 5.41) is 6.38. The molecule has 2 N–H and O–H groups in total. The van der Waals surface area contributed by atoms with Crippen molar-refractivity contribution in [2.24, 2.45) is 0 Å². The van der Waals surface area contributed by atoms with Gasteiger partial charge in [0.1, 0.15) is 5.58 Å². The molecule has 0 fully saturated rings. The summed E-state index contributed by atoms with van der Waals surface area (Å²) >= 11 is 0. The van der Waals surface area contributed by atoms with E-state index in [4.69, 9.17) is 4.42 Å². The molecule has 0 saturated carbocycles. The molecule has 3 amide bonds. The van der Waals surface area contributed by atoms with E-state index in [1.165, 1.54) is 4.90 Å². The fourth-order valence-corrected chi connectivity index (χ4v) is 2.77. The van der Waals surface area contributed by atoms with Gasteiger partial charge in [-0.25, -0.2) is 0 Å². The molecule has 0 spiro atoms. The monoisotopic (exact) mass is 393 g/mol. The molecule has 7 nitrogen and oxygen atoms in total. The standard InChI is InChI=1S/C22H23N3O4/c1-25(2)21(27)11-12-23-20(26)13-15-7-9-17(10-8-15)24-22(28)19-14-16-5-3-4-6-18(16)29-19/h3-10,14H,11-13H2,1-2H3,(H,23,26)(H,24,28). The number of benzene rings is 2. The molecule has 2 aromatic carbocycles. The van der Waals surface area contributed by atoms with Crippen LogP contribution < -0.4 is 10.6 Å². The summed E-state index contributed by atoms with van der Waals surface area (Å²) < 4.78 is 5.56. The van der Waals surface area contributed by atoms with Crippen molar-refractivity contribution in [1.29, 1.82) is 0 Å². The molecule has 1 heterocycles. The lowest BCUT2D eigenvalue weighted by Gasteiger charge is -2.10. The maximum absolute atomic E-state index is 12.4. The Labute approximate surface area is 168 Å². The summed E-state index contributed by atoms with van der Waals surface area (Å²) in [6.07, 6.45) is 0.472. The van der Waals surface area contributed by atoms with Gasteiger partial charge in [-0.1, -0.05) is 30.3 Å². The number of nitrogens with one attached hydrogen (secondary N) is 2. The molecule has 0 bridgehead atoms. The first-order valence-electron chi connectivity index (χ1n) is 9.28. The van der Waals surface area contributed by atoms with Crippen molar-refractivity contribution < 1.29 is 18.8 Å². The Hall–Kier alpha value is -3.61. The third kappa shape index (κ3) is 5.44. The number of nitrogens with zero attached hydrogens (tertiary/aromatic N) is 1. The highest BCUT2D eigenvalue weighted by Gasteiger charge is 2.12. The van der Waals surface area contributed by atoms with Crippen LogP contribution in [0.4, 0.5) is 5.69 Å². The zero-order valence-electron chi connectivity index (χ0n) is 16.4. The van der Waals surface area contributed by atoms with Crippen LogP contribution in [0.2, 0.25) is 0 Å². The van der Waals surface area contributed by atoms with Gasteiger partial charge >= 0.3 is 0 Å². The summed E-state index contributed by atoms with van der Waals surface area (Å²) in [5.74, 6) is -0.287. The molecular weight excluding hydrogens is 370 g/mol. The minimum Gasteiger partial charge on any atom is -0.451 e. The average Bonchev–Trinajstić information content (AvgIpc) is 3.14. The fraction of sp³-hybridized carbons (Fsp3) is 0.227. The van der Waals surface area contributed by atoms with E-state index < -0.39 is 0 Å². The maximum Gasteiger partial charge on any atom is 0.291 e. The number of carbonyl (C=O) groups is 3. The van der Waals surface area contributed by atoms with E-state index in [9.17, 15) is 14.4 Å². The zero-order valence-corrected chi connectivity index (χ0v) is 16.4. The summed E-state index contributed by atoms with van der Waals surface area (Å²) in [6, 6.07) is 16.1. The molecule has 3 aromatic rings. The molecule has 29 heavy (non-hydrogen) atoms. The highest BCUT2D eigenvalue weighted by atomic mass is 16.3. The van der Waals surface area contributed by atoms with Gasteiger partial charge in [0.15, 0.2) is 5.76 Å². The van der Waals surface area contributed by atoms with Crippen molar-refractivity contribution in [2.75, 3.05) is 26.0 Å². The molecule has 0 unspecified atom stereocenters. The molecular formula is C22H23N3O4. The predicted octanol–water partition coefficient (Wildman–Crippen LogP) is 2.82. The summed E-state index contributed by atoms with van der Waals surface area (Å²) in [7, 11) is 3.36. The Kier molecular flexibility index (Phi) is 6.29. The molecule has 0 aliphatic carbocycles. The third-order valence-corrected chi connectivity index (χ3v) is 4.39. The molecule has 0 aliphatic heterocycles. The number of para-hydroxylation sites is 1. The molecule has 0 aliphatic rings. The van der Waals surface area contributed by atoms with Gasteiger partial charge in [0, 0.05) is 38.1 Å². The van der Waals surface area contributed by atoms with E-state index in [1.807, 2.05) is 24.3 Å². The largest absolute Gasteiger partial charge is 0.451 e. The van der Waals surface area contributed by atoms with E-state index in [2.05, 4.69) is 10.6 Å². The van der Waals surface area contributed by atoms with Gasteiger partial charge in [-0.3, -0.25) is 14.4 Å². The van der Waals surface area contributed by atoms with Gasteiger partial charge in [0.2, 0.25) is 11.8 Å². The first-order valence-corrected chi connectivity index (χ1v) is 9.28. The second-order valence-corrected chi connectivity index (χ2v) is 6.86. The van der Waals surface area contributed by atoms with Crippen LogP contribution in [0.5, 0.6) is 0 Å². The van der Waals surface area contributed by atoms with Crippen LogP contribution in [0.15, 0.2) is 59.0 Å². The van der Waals surface area contributed by atoms with Crippen molar-refractivity contribution in [2.45, 2.75) is 12.8 Å². The predicted molar refractivity (Wildman–Crippen MR) is 111 cm³/mol. The minimum atomic E-state index is -0.336. The van der Waals surface area contributed by atoms with Crippen molar-refractivity contribution in [3.8, 4) is 0 Å². The maximum atomic E-state index is 12.4. The van der Waals surface area contributed by atoms with Crippen LogP contribution in [0.3, 0.4) is 0 Å². The van der Waals surface area contributed by atoms with Crippen LogP contribution in [0, 0.1) is 0 Å². The molecule has 7 heteroatoms. The number of hydrogen-bond donors (Lipinski definition) is 2. The molecule has 0 radical (unpaired) electrons. The summed E-state index contributed by atoms with van der Waals surface area (Å²) in [6.45, 7) is 0.307. The SMILES string of the molecule is CN(C)C(=O)CCNC(=O)Cc1ccc(NC(=O)c2cc3ccccc3o2)cc1. The number of fused-ring (bicyclic) bond motifs is 1. The van der Waals surface area contributed by atoms with Crippen LogP contribution in [-0.4, -0.2) is 43.3 Å². The van der Waals surface area contributed by atoms with E-state index in [0.717, 1.165) is 10.9 Å². The van der Waals surface area contributed by atoms with Gasteiger partial charge in [0.05, 0.1) is 6.42 Å². The van der Waals surface area contributed by atoms with E-state index in [-0.39, 0.29) is 36.3 Å². The summed E-state index contributed by atoms with van der Waals surface area (Å²) in [4.78, 5) is 37.3. The number of hydrogen-bond acceptors (Lipinski definition) is 4. The van der Waals surface area contributed by atoms with Gasteiger partial charge in [-0.2, -0.15) is 0 Å². The van der Waals surface area contributed by atoms with Crippen molar-refractivity contribution >= 4 is 34.4 Å². The van der Waals surface area contributed by atoms with E-state index in [0.29, 0.717) is 17.8 Å². The highest BCUT2D eigenvalue weighted by Crippen LogP contribution is 2.20. The topological polar surface area (TPSA) is 91.7 Å². The zero-order chi connectivity index (χ0) is 20.8. The number of furan rings is 1. The van der Waals surface area contributed by atoms with Gasteiger partial charge in [0.25, 0.3) is 5.91 Å². The van der Waals surface area contributed by atoms with Gasteiger partial charge < -0.3 is 20.0 Å². The molecule has 1 aromatic heterocycles. The van der Waals surface area contributed by atoms with Crippen molar-refractivity contribution in [1.82, 2.24) is 10.2 Å². The normalized spacial score (nSPS) is 10.6. The van der Waals surface area contributed by atoms with E-state index >= 15 is 0 Å². The molecule has 0 saturated heterocycles. The molecule has 3 rings (SSSR count). The number of rotatable bonds is 7. The first-order chi connectivity index (χ1) is 13.9. The van der Waals surface area contributed by atoms with Crippen molar-refractivity contribution in [3.63, 3.8) is 0 Å². The number of anilines is 1. The lowest BCUT2D eigenvalue weighted by Crippen LogP contribution is -2.31. The number of carbonyl (C=O) groups excluding carboxylic acids is 3. The van der Waals surface area contributed by atoms with Gasteiger partial charge in [-0.15, -0.1) is 0 Å². The van der Waals surface area contributed by atoms with Gasteiger partial charge in [-0.05, 0) is 29.8 Å². The Bertz CT molecular complexity index is 989. The lowest BCUT2D eigenvalue weighted by molar-refractivity contribution is -0.128. The first kappa shape index (κ1) is 20.1. The van der Waals surface area contributed by atoms with E-state index in [1.54, 1.807) is 44.4 Å². The van der Waals surface area contributed by atoms with Crippen LogP contribution in [0.25, 0.3) is 11.0 Å². The molecule has 0 atom stereocenters. The Balaban J connectivity index is 1.51. The molecule has 150 valence electrons. The second kappa shape index (κ2) is 9.05. The average molecular weight is 393 g/mol. The highest BCUT2D eigenvalue weighted by molar-refractivity contribution is 6.04. The van der Waals surface area contributed by atoms with Crippen LogP contribution in [-0.2, 0) is 16.0 Å². The number of amides is 3. The lowest BCUT2D eigenvalue weighted by atomic mass is 10.1. The van der Waals surface area contributed by atoms with Crippen molar-refractivity contribution in [3.05, 3.63) is 65.9 Å². The van der Waals surface area contributed by atoms with Crippen LogP contribution >= 0.6 is 0 Å². The third-order valence-electron chi connectivity index (χ3n) is 4.39. The Morgan fingerprint density at radius 1 is 1.00 bits per heavy atom. The van der Waals surface area contributed by atoms with Crippen LogP contribution in [0.1, 0.15) is 22.5 Å². The quantitative estimate of drug-likeness (QED) is 0.646. The smallest absolute Gasteiger partial charge is 0.291 e. The second-order valence-electron chi connectivity index (χ2n) is 6.86. The minimum absolute atomic E-state index is 0.0325. The summed E-state index contributed by atoms with van der Waals surface area (Å²) in [5.41, 5.74) is 2.07. The Morgan fingerprint density at radius 2 is 1.72 bits per heavy atom. The Morgan fingerprint density at radius 3 is 2.41 bits per heavy atom.